The molecule has 2 aromatic rings. The second-order valence-electron chi connectivity index (χ2n) is 7.37. The van der Waals surface area contributed by atoms with Crippen LogP contribution >= 0.6 is 0 Å². The van der Waals surface area contributed by atoms with Gasteiger partial charge in [0, 0.05) is 37.8 Å². The number of likely N-dealkylation sites (tertiary alicyclic amines) is 1. The summed E-state index contributed by atoms with van der Waals surface area (Å²) in [7, 11) is 0. The highest BCUT2D eigenvalue weighted by Crippen LogP contribution is 2.25. The van der Waals surface area contributed by atoms with Gasteiger partial charge in [-0.2, -0.15) is 4.98 Å². The van der Waals surface area contributed by atoms with E-state index in [9.17, 15) is 4.79 Å². The number of nitrogens with zero attached hydrogens (tertiary/aromatic N) is 5. The first-order chi connectivity index (χ1) is 13.2. The number of hydrogen-bond acceptors (Lipinski definition) is 6. The van der Waals surface area contributed by atoms with Crippen molar-refractivity contribution in [2.24, 2.45) is 11.8 Å². The summed E-state index contributed by atoms with van der Waals surface area (Å²) in [5.74, 6) is 1.93. The summed E-state index contributed by atoms with van der Waals surface area (Å²) < 4.78 is 5.41. The standard InChI is InChI=1S/C20H29N5O2/c1-3-6-16(7-4-2)20(26)25-11-5-8-15(14-25)12-18-23-19(24-27-18)17-13-21-9-10-22-17/h9-10,13,15-16H,3-8,11-12,14H2,1-2H3. The number of rotatable bonds is 8. The van der Waals surface area contributed by atoms with E-state index in [0.717, 1.165) is 51.6 Å². The molecule has 0 aromatic carbocycles. The molecule has 27 heavy (non-hydrogen) atoms. The van der Waals surface area contributed by atoms with E-state index in [1.807, 2.05) is 0 Å². The number of aromatic nitrogens is 4. The predicted molar refractivity (Wildman–Crippen MR) is 102 cm³/mol. The van der Waals surface area contributed by atoms with Crippen LogP contribution in [0.1, 0.15) is 58.3 Å². The van der Waals surface area contributed by atoms with Crippen LogP contribution in [-0.2, 0) is 11.2 Å². The molecule has 0 N–H and O–H groups in total. The molecular weight excluding hydrogens is 342 g/mol. The van der Waals surface area contributed by atoms with Crippen LogP contribution in [0, 0.1) is 11.8 Å². The maximum atomic E-state index is 12.9. The maximum absolute atomic E-state index is 12.9. The van der Waals surface area contributed by atoms with E-state index in [1.165, 1.54) is 0 Å². The Morgan fingerprint density at radius 1 is 1.30 bits per heavy atom. The Kier molecular flexibility index (Phi) is 6.90. The molecule has 0 spiro atoms. The number of carbonyl (C=O) groups is 1. The summed E-state index contributed by atoms with van der Waals surface area (Å²) in [4.78, 5) is 27.7. The second-order valence-corrected chi connectivity index (χ2v) is 7.37. The van der Waals surface area contributed by atoms with Gasteiger partial charge in [0.1, 0.15) is 5.69 Å². The van der Waals surface area contributed by atoms with Crippen molar-refractivity contribution < 1.29 is 9.32 Å². The van der Waals surface area contributed by atoms with Gasteiger partial charge in [-0.1, -0.05) is 31.8 Å². The van der Waals surface area contributed by atoms with Gasteiger partial charge in [0.2, 0.25) is 17.6 Å². The first kappa shape index (κ1) is 19.5. The fraction of sp³-hybridized carbons (Fsp3) is 0.650. The van der Waals surface area contributed by atoms with Gasteiger partial charge in [-0.05, 0) is 31.6 Å². The average Bonchev–Trinajstić information content (AvgIpc) is 3.17. The second kappa shape index (κ2) is 9.58. The number of amides is 1. The van der Waals surface area contributed by atoms with E-state index in [2.05, 4.69) is 38.9 Å². The van der Waals surface area contributed by atoms with Crippen molar-refractivity contribution in [3.8, 4) is 11.5 Å². The molecule has 1 aliphatic rings. The minimum absolute atomic E-state index is 0.172. The molecule has 0 aliphatic carbocycles. The molecule has 7 nitrogen and oxygen atoms in total. The molecule has 0 saturated carbocycles. The highest BCUT2D eigenvalue weighted by molar-refractivity contribution is 5.78. The van der Waals surface area contributed by atoms with Gasteiger partial charge < -0.3 is 9.42 Å². The highest BCUT2D eigenvalue weighted by Gasteiger charge is 2.29. The monoisotopic (exact) mass is 371 g/mol. The highest BCUT2D eigenvalue weighted by atomic mass is 16.5. The van der Waals surface area contributed by atoms with Crippen molar-refractivity contribution in [1.29, 1.82) is 0 Å². The van der Waals surface area contributed by atoms with Crippen molar-refractivity contribution in [1.82, 2.24) is 25.0 Å². The van der Waals surface area contributed by atoms with Crippen LogP contribution < -0.4 is 0 Å². The van der Waals surface area contributed by atoms with E-state index >= 15 is 0 Å². The Bertz CT molecular complexity index is 712. The third kappa shape index (κ3) is 5.11. The lowest BCUT2D eigenvalue weighted by Crippen LogP contribution is -2.43. The normalized spacial score (nSPS) is 17.4. The van der Waals surface area contributed by atoms with E-state index in [4.69, 9.17) is 4.52 Å². The lowest BCUT2D eigenvalue weighted by atomic mass is 9.91. The first-order valence-corrected chi connectivity index (χ1v) is 10.1. The summed E-state index contributed by atoms with van der Waals surface area (Å²) in [5, 5.41) is 4.01. The van der Waals surface area contributed by atoms with Crippen LogP contribution in [0.5, 0.6) is 0 Å². The third-order valence-electron chi connectivity index (χ3n) is 5.18. The molecule has 1 atom stereocenters. The minimum Gasteiger partial charge on any atom is -0.342 e. The van der Waals surface area contributed by atoms with Gasteiger partial charge >= 0.3 is 0 Å². The predicted octanol–water partition coefficient (Wildman–Crippen LogP) is 3.52. The molecule has 146 valence electrons. The molecule has 1 unspecified atom stereocenters. The topological polar surface area (TPSA) is 85.0 Å². The van der Waals surface area contributed by atoms with Crippen LogP contribution in [0.3, 0.4) is 0 Å². The summed E-state index contributed by atoms with van der Waals surface area (Å²) in [6.07, 6.45) is 11.7. The van der Waals surface area contributed by atoms with Crippen molar-refractivity contribution in [3.05, 3.63) is 24.5 Å². The van der Waals surface area contributed by atoms with Crippen molar-refractivity contribution in [3.63, 3.8) is 0 Å². The Morgan fingerprint density at radius 3 is 2.81 bits per heavy atom. The quantitative estimate of drug-likeness (QED) is 0.706. The Labute approximate surface area is 160 Å². The zero-order valence-corrected chi connectivity index (χ0v) is 16.3. The molecule has 2 aromatic heterocycles. The number of piperidine rings is 1. The van der Waals surface area contributed by atoms with Crippen LogP contribution in [-0.4, -0.2) is 44.0 Å². The Hall–Kier alpha value is -2.31. The average molecular weight is 371 g/mol. The van der Waals surface area contributed by atoms with Crippen LogP contribution in [0.4, 0.5) is 0 Å². The summed E-state index contributed by atoms with van der Waals surface area (Å²) in [6.45, 7) is 5.96. The minimum atomic E-state index is 0.172. The zero-order valence-electron chi connectivity index (χ0n) is 16.3. The Morgan fingerprint density at radius 2 is 2.11 bits per heavy atom. The van der Waals surface area contributed by atoms with Gasteiger partial charge in [-0.15, -0.1) is 0 Å². The molecule has 0 bridgehead atoms. The molecular formula is C20H29N5O2. The van der Waals surface area contributed by atoms with Gasteiger partial charge in [0.15, 0.2) is 0 Å². The summed E-state index contributed by atoms with van der Waals surface area (Å²) in [5.41, 5.74) is 0.606. The van der Waals surface area contributed by atoms with Crippen LogP contribution in [0.25, 0.3) is 11.5 Å². The lowest BCUT2D eigenvalue weighted by Gasteiger charge is -2.34. The van der Waals surface area contributed by atoms with E-state index < -0.39 is 0 Å². The molecule has 0 radical (unpaired) electrons. The lowest BCUT2D eigenvalue weighted by molar-refractivity contribution is -0.138. The van der Waals surface area contributed by atoms with Gasteiger partial charge in [-0.3, -0.25) is 9.78 Å². The van der Waals surface area contributed by atoms with Crippen molar-refractivity contribution in [2.45, 2.75) is 58.8 Å². The van der Waals surface area contributed by atoms with Crippen molar-refractivity contribution >= 4 is 5.91 Å². The van der Waals surface area contributed by atoms with Gasteiger partial charge in [-0.25, -0.2) is 4.98 Å². The largest absolute Gasteiger partial charge is 0.342 e. The summed E-state index contributed by atoms with van der Waals surface area (Å²) in [6, 6.07) is 0. The molecule has 1 amide bonds. The number of hydrogen-bond donors (Lipinski definition) is 0. The molecule has 1 saturated heterocycles. The van der Waals surface area contributed by atoms with Crippen LogP contribution in [0.15, 0.2) is 23.1 Å². The van der Waals surface area contributed by atoms with Crippen LogP contribution in [0.2, 0.25) is 0 Å². The van der Waals surface area contributed by atoms with E-state index in [1.54, 1.807) is 18.6 Å². The zero-order chi connectivity index (χ0) is 19.1. The van der Waals surface area contributed by atoms with Gasteiger partial charge in [0.25, 0.3) is 0 Å². The first-order valence-electron chi connectivity index (χ1n) is 10.1. The summed E-state index contributed by atoms with van der Waals surface area (Å²) >= 11 is 0. The van der Waals surface area contributed by atoms with Gasteiger partial charge in [0.05, 0.1) is 6.20 Å². The molecule has 1 fully saturated rings. The smallest absolute Gasteiger partial charge is 0.227 e. The molecule has 3 rings (SSSR count). The third-order valence-corrected chi connectivity index (χ3v) is 5.18. The maximum Gasteiger partial charge on any atom is 0.227 e. The molecule has 3 heterocycles. The molecule has 7 heteroatoms. The number of carbonyl (C=O) groups excluding carboxylic acids is 1. The fourth-order valence-electron chi connectivity index (χ4n) is 3.88. The Balaban J connectivity index is 1.60. The van der Waals surface area contributed by atoms with E-state index in [0.29, 0.717) is 35.7 Å². The SMILES string of the molecule is CCCC(CCC)C(=O)N1CCCC(Cc2nc(-c3cnccn3)no2)C1. The fourth-order valence-corrected chi connectivity index (χ4v) is 3.88. The van der Waals surface area contributed by atoms with Crippen molar-refractivity contribution in [2.75, 3.05) is 13.1 Å². The molecule has 1 aliphatic heterocycles. The van der Waals surface area contributed by atoms with E-state index in [-0.39, 0.29) is 5.92 Å².